The van der Waals surface area contributed by atoms with E-state index in [9.17, 15) is 0 Å². The summed E-state index contributed by atoms with van der Waals surface area (Å²) >= 11 is 0. The molecule has 2 rings (SSSR count). The van der Waals surface area contributed by atoms with E-state index in [0.29, 0.717) is 0 Å². The summed E-state index contributed by atoms with van der Waals surface area (Å²) in [6, 6.07) is 0. The Kier molecular flexibility index (Phi) is 18.0. The Morgan fingerprint density at radius 3 is 0.889 bits per heavy atom. The van der Waals surface area contributed by atoms with E-state index in [-0.39, 0.29) is 22.6 Å². The fourth-order valence-corrected chi connectivity index (χ4v) is 1.75. The van der Waals surface area contributed by atoms with E-state index in [2.05, 4.69) is 48.6 Å². The van der Waals surface area contributed by atoms with E-state index >= 15 is 0 Å². The van der Waals surface area contributed by atoms with Crippen LogP contribution in [0.1, 0.15) is 51.4 Å². The third kappa shape index (κ3) is 13.5. The van der Waals surface area contributed by atoms with E-state index in [4.69, 9.17) is 0 Å². The molecule has 2 aliphatic rings. The van der Waals surface area contributed by atoms with Crippen molar-refractivity contribution in [3.05, 3.63) is 48.6 Å². The summed E-state index contributed by atoms with van der Waals surface area (Å²) in [4.78, 5) is 0. The molecule has 0 aromatic rings. The summed E-state index contributed by atoms with van der Waals surface area (Å²) in [6.07, 6.45) is 28.0. The van der Waals surface area contributed by atoms with Crippen molar-refractivity contribution in [2.45, 2.75) is 51.4 Å². The quantitative estimate of drug-likeness (QED) is 0.587. The first kappa shape index (κ1) is 19.7. The van der Waals surface area contributed by atoms with Crippen LogP contribution in [0.4, 0.5) is 0 Å². The number of hydrogen-bond donors (Lipinski definition) is 1. The van der Waals surface area contributed by atoms with Crippen LogP contribution in [-0.4, -0.2) is 0 Å². The van der Waals surface area contributed by atoms with Gasteiger partial charge in [-0.15, -0.1) is 0 Å². The molecule has 0 atom stereocenters. The van der Waals surface area contributed by atoms with Crippen LogP contribution in [0.15, 0.2) is 48.6 Å². The third-order valence-corrected chi connectivity index (χ3v) is 2.75. The summed E-state index contributed by atoms with van der Waals surface area (Å²) < 4.78 is 0. The van der Waals surface area contributed by atoms with E-state index < -0.39 is 0 Å². The molecule has 0 bridgehead atoms. The second-order valence-electron chi connectivity index (χ2n) is 4.28. The smallest absolute Gasteiger partial charge is 0 e. The van der Waals surface area contributed by atoms with E-state index in [0.717, 1.165) is 0 Å². The Labute approximate surface area is 123 Å². The molecule has 3 N–H and O–H groups in total. The molecule has 106 valence electrons. The molecule has 0 aliphatic heterocycles. The molecule has 0 amide bonds. The van der Waals surface area contributed by atoms with Gasteiger partial charge < -0.3 is 6.15 Å². The summed E-state index contributed by atoms with van der Waals surface area (Å²) in [7, 11) is 0. The SMILES string of the molecule is C1=CCCCCC=C1.C1=CCCCCC=C1.N.[Ni]. The van der Waals surface area contributed by atoms with Crippen LogP contribution in [0.5, 0.6) is 0 Å². The van der Waals surface area contributed by atoms with Crippen LogP contribution in [-0.2, 0) is 16.5 Å². The van der Waals surface area contributed by atoms with Crippen LogP contribution < -0.4 is 6.15 Å². The van der Waals surface area contributed by atoms with E-state index in [1.54, 1.807) is 0 Å². The second kappa shape index (κ2) is 16.4. The molecule has 0 saturated heterocycles. The summed E-state index contributed by atoms with van der Waals surface area (Å²) in [5, 5.41) is 0. The van der Waals surface area contributed by atoms with Gasteiger partial charge in [-0.1, -0.05) is 48.6 Å². The van der Waals surface area contributed by atoms with Crippen molar-refractivity contribution in [2.75, 3.05) is 0 Å². The molecule has 2 aliphatic carbocycles. The van der Waals surface area contributed by atoms with Gasteiger partial charge in [-0.3, -0.25) is 0 Å². The maximum atomic E-state index is 2.23. The number of rotatable bonds is 0. The van der Waals surface area contributed by atoms with Crippen molar-refractivity contribution in [3.8, 4) is 0 Å². The molecule has 0 fully saturated rings. The first-order chi connectivity index (χ1) is 8.00. The van der Waals surface area contributed by atoms with Gasteiger partial charge in [-0.25, -0.2) is 0 Å². The molecule has 0 aromatic heterocycles. The summed E-state index contributed by atoms with van der Waals surface area (Å²) in [6.45, 7) is 0. The van der Waals surface area contributed by atoms with Crippen LogP contribution >= 0.6 is 0 Å². The molecular weight excluding hydrogens is 265 g/mol. The Balaban J connectivity index is 0. The Hall–Kier alpha value is -0.586. The molecule has 0 aromatic carbocycles. The van der Waals surface area contributed by atoms with Crippen molar-refractivity contribution in [3.63, 3.8) is 0 Å². The minimum atomic E-state index is 0. The van der Waals surface area contributed by atoms with Gasteiger partial charge in [0, 0.05) is 16.5 Å². The molecule has 0 spiro atoms. The zero-order valence-electron chi connectivity index (χ0n) is 11.3. The second-order valence-corrected chi connectivity index (χ2v) is 4.28. The zero-order chi connectivity index (χ0) is 11.3. The average molecular weight is 292 g/mol. The predicted octanol–water partition coefficient (Wildman–Crippen LogP) is 5.51. The molecule has 2 heteroatoms. The maximum Gasteiger partial charge on any atom is 0 e. The molecule has 18 heavy (non-hydrogen) atoms. The minimum absolute atomic E-state index is 0. The largest absolute Gasteiger partial charge is 0.344 e. The monoisotopic (exact) mass is 291 g/mol. The average Bonchev–Trinajstić information content (AvgIpc) is 2.15. The predicted molar refractivity (Wildman–Crippen MR) is 78.5 cm³/mol. The van der Waals surface area contributed by atoms with Crippen LogP contribution in [0, 0.1) is 0 Å². The van der Waals surface area contributed by atoms with Crippen molar-refractivity contribution >= 4 is 0 Å². The summed E-state index contributed by atoms with van der Waals surface area (Å²) in [5.74, 6) is 0. The Morgan fingerprint density at radius 2 is 0.667 bits per heavy atom. The molecule has 0 heterocycles. The van der Waals surface area contributed by atoms with E-state index in [1.807, 2.05) is 0 Å². The minimum Gasteiger partial charge on any atom is -0.344 e. The fraction of sp³-hybridized carbons (Fsp3) is 0.500. The van der Waals surface area contributed by atoms with Crippen LogP contribution in [0.25, 0.3) is 0 Å². The van der Waals surface area contributed by atoms with Gasteiger partial charge in [0.15, 0.2) is 0 Å². The number of allylic oxidation sites excluding steroid dienone is 8. The van der Waals surface area contributed by atoms with Gasteiger partial charge in [0.25, 0.3) is 0 Å². The van der Waals surface area contributed by atoms with Crippen LogP contribution in [0.3, 0.4) is 0 Å². The maximum absolute atomic E-state index is 2.23. The van der Waals surface area contributed by atoms with Gasteiger partial charge in [-0.05, 0) is 51.4 Å². The van der Waals surface area contributed by atoms with Gasteiger partial charge in [0.2, 0.25) is 0 Å². The van der Waals surface area contributed by atoms with Gasteiger partial charge in [0.1, 0.15) is 0 Å². The normalized spacial score (nSPS) is 17.8. The van der Waals surface area contributed by atoms with Gasteiger partial charge in [-0.2, -0.15) is 0 Å². The molecule has 0 saturated carbocycles. The van der Waals surface area contributed by atoms with Crippen LogP contribution in [0.2, 0.25) is 0 Å². The third-order valence-electron chi connectivity index (χ3n) is 2.75. The first-order valence-electron chi connectivity index (χ1n) is 6.63. The Morgan fingerprint density at radius 1 is 0.444 bits per heavy atom. The van der Waals surface area contributed by atoms with Gasteiger partial charge >= 0.3 is 0 Å². The Bertz CT molecular complexity index is 208. The van der Waals surface area contributed by atoms with E-state index in [1.165, 1.54) is 51.4 Å². The van der Waals surface area contributed by atoms with Crippen molar-refractivity contribution < 1.29 is 16.5 Å². The fourth-order valence-electron chi connectivity index (χ4n) is 1.75. The van der Waals surface area contributed by atoms with Crippen molar-refractivity contribution in [2.24, 2.45) is 0 Å². The zero-order valence-corrected chi connectivity index (χ0v) is 12.3. The number of hydrogen-bond acceptors (Lipinski definition) is 1. The van der Waals surface area contributed by atoms with Crippen molar-refractivity contribution in [1.82, 2.24) is 6.15 Å². The summed E-state index contributed by atoms with van der Waals surface area (Å²) in [5.41, 5.74) is 0. The molecule has 0 unspecified atom stereocenters. The molecule has 1 nitrogen and oxygen atoms in total. The first-order valence-corrected chi connectivity index (χ1v) is 6.63. The van der Waals surface area contributed by atoms with Crippen molar-refractivity contribution in [1.29, 1.82) is 0 Å². The standard InChI is InChI=1S/2C8H12.H3N.Ni/c2*1-2-4-6-8-7-5-3-1;;/h2*1-4H,5-8H2;1H3;. The topological polar surface area (TPSA) is 35.0 Å². The molecule has 0 radical (unpaired) electrons. The van der Waals surface area contributed by atoms with Gasteiger partial charge in [0.05, 0.1) is 0 Å². The molecular formula is C16H27NNi.